The van der Waals surface area contributed by atoms with Gasteiger partial charge in [-0.1, -0.05) is 6.08 Å². The van der Waals surface area contributed by atoms with Gasteiger partial charge in [-0.05, 0) is 6.92 Å². The Kier molecular flexibility index (Phi) is 1.68. The minimum absolute atomic E-state index is 0.299. The molecule has 2 heteroatoms. The van der Waals surface area contributed by atoms with Gasteiger partial charge in [0.25, 0.3) is 0 Å². The number of allylic oxidation sites excluding steroid dienone is 1. The van der Waals surface area contributed by atoms with Gasteiger partial charge in [-0.2, -0.15) is 0 Å². The van der Waals surface area contributed by atoms with Crippen LogP contribution in [0.15, 0.2) is 25.0 Å². The summed E-state index contributed by atoms with van der Waals surface area (Å²) in [7, 11) is 0. The van der Waals surface area contributed by atoms with Crippen LogP contribution in [0.4, 0.5) is 0 Å². The second kappa shape index (κ2) is 2.49. The zero-order valence-electron chi connectivity index (χ0n) is 5.41. The summed E-state index contributed by atoms with van der Waals surface area (Å²) in [4.78, 5) is 3.78. The molecule has 1 unspecified atom stereocenters. The lowest BCUT2D eigenvalue weighted by molar-refractivity contribution is 0.656. The van der Waals surface area contributed by atoms with E-state index in [9.17, 15) is 0 Å². The highest BCUT2D eigenvalue weighted by Gasteiger charge is 1.94. The largest absolute Gasteiger partial charge is 0.322 e. The molecule has 1 aromatic heterocycles. The minimum atomic E-state index is 0.299. The second-order valence-corrected chi connectivity index (χ2v) is 1.91. The van der Waals surface area contributed by atoms with E-state index in [0.717, 1.165) is 0 Å². The Morgan fingerprint density at radius 2 is 2.67 bits per heavy atom. The highest BCUT2D eigenvalue weighted by Crippen LogP contribution is 2.02. The van der Waals surface area contributed by atoms with Crippen LogP contribution in [0.1, 0.15) is 13.0 Å². The van der Waals surface area contributed by atoms with E-state index < -0.39 is 0 Å². The number of aromatic nitrogens is 2. The van der Waals surface area contributed by atoms with Gasteiger partial charge in [-0.3, -0.25) is 0 Å². The molecule has 0 aromatic carbocycles. The molecule has 1 rings (SSSR count). The number of hydrogen-bond donors (Lipinski definition) is 0. The van der Waals surface area contributed by atoms with Gasteiger partial charge in [0.05, 0.1) is 6.04 Å². The van der Waals surface area contributed by atoms with Crippen molar-refractivity contribution in [1.29, 1.82) is 0 Å². The van der Waals surface area contributed by atoms with Crippen molar-refractivity contribution >= 4 is 0 Å². The Labute approximate surface area is 54.8 Å². The van der Waals surface area contributed by atoms with Crippen molar-refractivity contribution in [2.75, 3.05) is 0 Å². The van der Waals surface area contributed by atoms with Gasteiger partial charge in [0.1, 0.15) is 0 Å². The van der Waals surface area contributed by atoms with Crippen LogP contribution in [-0.4, -0.2) is 9.55 Å². The van der Waals surface area contributed by atoms with E-state index in [1.807, 2.05) is 23.8 Å². The fourth-order valence-corrected chi connectivity index (χ4v) is 0.579. The first kappa shape index (κ1) is 6.08. The summed E-state index contributed by atoms with van der Waals surface area (Å²) in [5, 5.41) is 0. The summed E-state index contributed by atoms with van der Waals surface area (Å²) in [6, 6.07) is 0.299. The summed E-state index contributed by atoms with van der Waals surface area (Å²) < 4.78 is 1.87. The van der Waals surface area contributed by atoms with E-state index in [0.29, 0.717) is 6.04 Å². The Morgan fingerprint density at radius 3 is 3.11 bits per heavy atom. The van der Waals surface area contributed by atoms with E-state index in [4.69, 9.17) is 0 Å². The molecule has 0 amide bonds. The predicted molar refractivity (Wildman–Crippen MR) is 36.0 cm³/mol. The molecule has 47 valence electrons. The van der Waals surface area contributed by atoms with Gasteiger partial charge >= 0.3 is 0 Å². The Bertz CT molecular complexity index is 177. The summed E-state index contributed by atoms with van der Waals surface area (Å²) >= 11 is 0. The molecule has 0 aliphatic rings. The lowest BCUT2D eigenvalue weighted by Gasteiger charge is -2.03. The Hall–Kier alpha value is -1.05. The van der Waals surface area contributed by atoms with Crippen molar-refractivity contribution in [2.45, 2.75) is 13.0 Å². The molecular weight excluding hydrogens is 112 g/mol. The number of nitrogens with zero attached hydrogens (tertiary/aromatic N) is 2. The third-order valence-corrected chi connectivity index (χ3v) is 1.25. The maximum atomic E-state index is 3.78. The standard InChI is InChI=1S/C7H9N2/c1-3-7(2)9-5-4-8-6-9/h3-5,7H,1H2,2H3. The van der Waals surface area contributed by atoms with E-state index in [2.05, 4.69) is 17.9 Å². The van der Waals surface area contributed by atoms with Crippen LogP contribution >= 0.6 is 0 Å². The summed E-state index contributed by atoms with van der Waals surface area (Å²) in [5.41, 5.74) is 0. The summed E-state index contributed by atoms with van der Waals surface area (Å²) in [6.07, 6.45) is 8.20. The zero-order valence-corrected chi connectivity index (χ0v) is 5.41. The molecule has 1 aromatic rings. The molecule has 1 heterocycles. The van der Waals surface area contributed by atoms with E-state index in [1.165, 1.54) is 0 Å². The molecule has 0 spiro atoms. The predicted octanol–water partition coefficient (Wildman–Crippen LogP) is 1.43. The molecule has 9 heavy (non-hydrogen) atoms. The first-order valence-electron chi connectivity index (χ1n) is 2.87. The Morgan fingerprint density at radius 1 is 1.89 bits per heavy atom. The van der Waals surface area contributed by atoms with E-state index in [1.54, 1.807) is 6.20 Å². The fraction of sp³-hybridized carbons (Fsp3) is 0.286. The van der Waals surface area contributed by atoms with Crippen molar-refractivity contribution in [3.8, 4) is 0 Å². The smallest absolute Gasteiger partial charge is 0.176 e. The second-order valence-electron chi connectivity index (χ2n) is 1.91. The quantitative estimate of drug-likeness (QED) is 0.541. The van der Waals surface area contributed by atoms with Crippen LogP contribution in [0.5, 0.6) is 0 Å². The molecule has 0 saturated heterocycles. The van der Waals surface area contributed by atoms with Gasteiger partial charge < -0.3 is 4.57 Å². The van der Waals surface area contributed by atoms with Crippen molar-refractivity contribution in [1.82, 2.24) is 9.55 Å². The molecule has 0 saturated carbocycles. The van der Waals surface area contributed by atoms with Crippen LogP contribution in [0.3, 0.4) is 0 Å². The highest BCUT2D eigenvalue weighted by atomic mass is 15.0. The van der Waals surface area contributed by atoms with E-state index in [-0.39, 0.29) is 0 Å². The van der Waals surface area contributed by atoms with Crippen LogP contribution in [0.2, 0.25) is 0 Å². The molecule has 0 fully saturated rings. The maximum absolute atomic E-state index is 3.78. The van der Waals surface area contributed by atoms with Gasteiger partial charge in [-0.15, -0.1) is 6.58 Å². The molecule has 1 atom stereocenters. The average molecular weight is 121 g/mol. The van der Waals surface area contributed by atoms with E-state index >= 15 is 0 Å². The SMILES string of the molecule is C=CC(C)n1[c]ncc1. The monoisotopic (exact) mass is 121 g/mol. The third kappa shape index (κ3) is 1.19. The normalized spacial score (nSPS) is 13.0. The minimum Gasteiger partial charge on any atom is -0.322 e. The molecule has 0 aliphatic heterocycles. The molecular formula is C7H9N2. The molecule has 0 bridgehead atoms. The topological polar surface area (TPSA) is 17.8 Å². The van der Waals surface area contributed by atoms with Crippen LogP contribution in [0, 0.1) is 6.33 Å². The molecule has 0 aliphatic carbocycles. The van der Waals surface area contributed by atoms with Gasteiger partial charge in [-0.25, -0.2) is 4.98 Å². The maximum Gasteiger partial charge on any atom is 0.176 e. The number of imidazole rings is 1. The Balaban J connectivity index is 2.76. The van der Waals surface area contributed by atoms with Crippen LogP contribution < -0.4 is 0 Å². The fourth-order valence-electron chi connectivity index (χ4n) is 0.579. The molecule has 1 radical (unpaired) electrons. The number of hydrogen-bond acceptors (Lipinski definition) is 1. The van der Waals surface area contributed by atoms with Gasteiger partial charge in [0.15, 0.2) is 6.33 Å². The van der Waals surface area contributed by atoms with Gasteiger partial charge in [0.2, 0.25) is 0 Å². The lowest BCUT2D eigenvalue weighted by Crippen LogP contribution is -1.97. The van der Waals surface area contributed by atoms with Crippen LogP contribution in [0.25, 0.3) is 0 Å². The number of rotatable bonds is 2. The summed E-state index contributed by atoms with van der Waals surface area (Å²) in [6.45, 7) is 5.68. The average Bonchev–Trinajstić information content (AvgIpc) is 2.37. The third-order valence-electron chi connectivity index (χ3n) is 1.25. The highest BCUT2D eigenvalue weighted by molar-refractivity contribution is 4.86. The molecule has 2 nitrogen and oxygen atoms in total. The van der Waals surface area contributed by atoms with Crippen molar-refractivity contribution < 1.29 is 0 Å². The van der Waals surface area contributed by atoms with Crippen molar-refractivity contribution in [3.63, 3.8) is 0 Å². The zero-order chi connectivity index (χ0) is 6.69. The first-order chi connectivity index (χ1) is 4.34. The lowest BCUT2D eigenvalue weighted by atomic mass is 10.3. The molecule has 0 N–H and O–H groups in total. The first-order valence-corrected chi connectivity index (χ1v) is 2.87. The van der Waals surface area contributed by atoms with Gasteiger partial charge in [0, 0.05) is 12.4 Å². The van der Waals surface area contributed by atoms with Crippen molar-refractivity contribution in [3.05, 3.63) is 31.4 Å². The van der Waals surface area contributed by atoms with Crippen LogP contribution in [-0.2, 0) is 0 Å². The van der Waals surface area contributed by atoms with Crippen molar-refractivity contribution in [2.24, 2.45) is 0 Å². The summed E-state index contributed by atoms with van der Waals surface area (Å²) in [5.74, 6) is 0.